The first-order chi connectivity index (χ1) is 10.7. The minimum atomic E-state index is 0.654. The molecule has 0 spiro atoms. The molecule has 0 aliphatic heterocycles. The second kappa shape index (κ2) is 8.44. The molecule has 2 N–H and O–H groups in total. The standard InChI is InChI=1S/C19H25NO2/c1-15-4-9-19(16(2)14-15)22-13-3-12-21-18-7-5-17(6-8-18)10-11-20/h4-9,14H,3,10-13,20H2,1-2H3. The summed E-state index contributed by atoms with van der Waals surface area (Å²) in [5, 5.41) is 0. The summed E-state index contributed by atoms with van der Waals surface area (Å²) in [6.07, 6.45) is 1.77. The Morgan fingerprint density at radius 3 is 2.32 bits per heavy atom. The van der Waals surface area contributed by atoms with Gasteiger partial charge in [-0.1, -0.05) is 29.8 Å². The third-order valence-electron chi connectivity index (χ3n) is 3.50. The maximum atomic E-state index is 5.79. The highest BCUT2D eigenvalue weighted by Crippen LogP contribution is 2.19. The van der Waals surface area contributed by atoms with Gasteiger partial charge < -0.3 is 15.2 Å². The number of benzene rings is 2. The van der Waals surface area contributed by atoms with Crippen molar-refractivity contribution >= 4 is 0 Å². The van der Waals surface area contributed by atoms with Gasteiger partial charge in [0.05, 0.1) is 13.2 Å². The Morgan fingerprint density at radius 2 is 1.64 bits per heavy atom. The molecular weight excluding hydrogens is 274 g/mol. The molecule has 0 saturated carbocycles. The second-order valence-corrected chi connectivity index (χ2v) is 5.50. The van der Waals surface area contributed by atoms with Crippen LogP contribution in [0.2, 0.25) is 0 Å². The van der Waals surface area contributed by atoms with Crippen LogP contribution in [0.25, 0.3) is 0 Å². The number of rotatable bonds is 8. The summed E-state index contributed by atoms with van der Waals surface area (Å²) in [5.41, 5.74) is 9.21. The van der Waals surface area contributed by atoms with Gasteiger partial charge in [-0.3, -0.25) is 0 Å². The van der Waals surface area contributed by atoms with Crippen molar-refractivity contribution in [1.29, 1.82) is 0 Å². The summed E-state index contributed by atoms with van der Waals surface area (Å²) in [5.74, 6) is 1.85. The van der Waals surface area contributed by atoms with Crippen LogP contribution < -0.4 is 15.2 Å². The molecule has 0 amide bonds. The zero-order valence-electron chi connectivity index (χ0n) is 13.5. The molecular formula is C19H25NO2. The fourth-order valence-corrected chi connectivity index (χ4v) is 2.31. The summed E-state index contributed by atoms with van der Waals surface area (Å²) in [6.45, 7) is 6.15. The van der Waals surface area contributed by atoms with Gasteiger partial charge >= 0.3 is 0 Å². The molecule has 0 bridgehead atoms. The van der Waals surface area contributed by atoms with E-state index in [1.165, 1.54) is 16.7 Å². The molecule has 0 saturated heterocycles. The zero-order chi connectivity index (χ0) is 15.8. The molecule has 0 heterocycles. The molecule has 3 heteroatoms. The molecule has 0 fully saturated rings. The SMILES string of the molecule is Cc1ccc(OCCCOc2ccc(CCN)cc2)c(C)c1. The van der Waals surface area contributed by atoms with E-state index >= 15 is 0 Å². The fourth-order valence-electron chi connectivity index (χ4n) is 2.31. The molecule has 0 aliphatic carbocycles. The van der Waals surface area contributed by atoms with Gasteiger partial charge in [0.15, 0.2) is 0 Å². The highest BCUT2D eigenvalue weighted by Gasteiger charge is 2.00. The first-order valence-corrected chi connectivity index (χ1v) is 7.81. The largest absolute Gasteiger partial charge is 0.493 e. The van der Waals surface area contributed by atoms with Crippen molar-refractivity contribution in [1.82, 2.24) is 0 Å². The lowest BCUT2D eigenvalue weighted by molar-refractivity contribution is 0.246. The highest BCUT2D eigenvalue weighted by molar-refractivity contribution is 5.35. The molecule has 0 radical (unpaired) electrons. The Bertz CT molecular complexity index is 578. The molecule has 3 nitrogen and oxygen atoms in total. The number of nitrogens with two attached hydrogens (primary N) is 1. The average Bonchev–Trinajstić information content (AvgIpc) is 2.51. The van der Waals surface area contributed by atoms with Gasteiger partial charge in [0, 0.05) is 6.42 Å². The van der Waals surface area contributed by atoms with Gasteiger partial charge in [0.2, 0.25) is 0 Å². The van der Waals surface area contributed by atoms with E-state index in [1.807, 2.05) is 18.2 Å². The molecule has 2 rings (SSSR count). The molecule has 2 aromatic rings. The van der Waals surface area contributed by atoms with Crippen LogP contribution in [0.15, 0.2) is 42.5 Å². The van der Waals surface area contributed by atoms with Crippen molar-refractivity contribution in [3.63, 3.8) is 0 Å². The summed E-state index contributed by atoms with van der Waals surface area (Å²) in [7, 11) is 0. The van der Waals surface area contributed by atoms with Gasteiger partial charge in [-0.05, 0) is 56.1 Å². The fraction of sp³-hybridized carbons (Fsp3) is 0.368. The van der Waals surface area contributed by atoms with Crippen molar-refractivity contribution < 1.29 is 9.47 Å². The zero-order valence-corrected chi connectivity index (χ0v) is 13.5. The number of hydrogen-bond acceptors (Lipinski definition) is 3. The maximum absolute atomic E-state index is 5.79. The number of aryl methyl sites for hydroxylation is 2. The van der Waals surface area contributed by atoms with Crippen molar-refractivity contribution in [2.75, 3.05) is 19.8 Å². The van der Waals surface area contributed by atoms with Crippen molar-refractivity contribution in [2.45, 2.75) is 26.7 Å². The lowest BCUT2D eigenvalue weighted by atomic mass is 10.1. The number of hydrogen-bond donors (Lipinski definition) is 1. The van der Waals surface area contributed by atoms with Crippen molar-refractivity contribution in [3.8, 4) is 11.5 Å². The third kappa shape index (κ3) is 5.08. The Kier molecular flexibility index (Phi) is 6.28. The Hall–Kier alpha value is -2.00. The molecule has 2 aromatic carbocycles. The van der Waals surface area contributed by atoms with E-state index in [0.717, 1.165) is 24.3 Å². The number of ether oxygens (including phenoxy) is 2. The Labute approximate surface area is 133 Å². The Morgan fingerprint density at radius 1 is 0.909 bits per heavy atom. The van der Waals surface area contributed by atoms with Gasteiger partial charge in [-0.15, -0.1) is 0 Å². The minimum Gasteiger partial charge on any atom is -0.493 e. The summed E-state index contributed by atoms with van der Waals surface area (Å²) < 4.78 is 11.5. The highest BCUT2D eigenvalue weighted by atomic mass is 16.5. The van der Waals surface area contributed by atoms with Crippen LogP contribution in [0.5, 0.6) is 11.5 Å². The first kappa shape index (κ1) is 16.4. The summed E-state index contributed by atoms with van der Waals surface area (Å²) >= 11 is 0. The molecule has 0 aromatic heterocycles. The predicted octanol–water partition coefficient (Wildman–Crippen LogP) is 3.65. The van der Waals surface area contributed by atoms with Crippen LogP contribution in [0.4, 0.5) is 0 Å². The van der Waals surface area contributed by atoms with Gasteiger partial charge in [-0.25, -0.2) is 0 Å². The summed E-state index contributed by atoms with van der Waals surface area (Å²) in [4.78, 5) is 0. The van der Waals surface area contributed by atoms with E-state index in [2.05, 4.69) is 38.1 Å². The van der Waals surface area contributed by atoms with E-state index in [1.54, 1.807) is 0 Å². The van der Waals surface area contributed by atoms with Gasteiger partial charge in [-0.2, -0.15) is 0 Å². The van der Waals surface area contributed by atoms with Crippen LogP contribution in [0, 0.1) is 13.8 Å². The average molecular weight is 299 g/mol. The first-order valence-electron chi connectivity index (χ1n) is 7.81. The monoisotopic (exact) mass is 299 g/mol. The smallest absolute Gasteiger partial charge is 0.122 e. The van der Waals surface area contributed by atoms with Crippen LogP contribution in [-0.2, 0) is 6.42 Å². The van der Waals surface area contributed by atoms with Crippen LogP contribution >= 0.6 is 0 Å². The van der Waals surface area contributed by atoms with Crippen molar-refractivity contribution in [2.24, 2.45) is 5.73 Å². The second-order valence-electron chi connectivity index (χ2n) is 5.50. The normalized spacial score (nSPS) is 10.5. The van der Waals surface area contributed by atoms with E-state index < -0.39 is 0 Å². The maximum Gasteiger partial charge on any atom is 0.122 e. The van der Waals surface area contributed by atoms with E-state index in [-0.39, 0.29) is 0 Å². The minimum absolute atomic E-state index is 0.654. The van der Waals surface area contributed by atoms with E-state index in [9.17, 15) is 0 Å². The topological polar surface area (TPSA) is 44.5 Å². The quantitative estimate of drug-likeness (QED) is 0.757. The lowest BCUT2D eigenvalue weighted by Gasteiger charge is -2.10. The molecule has 118 valence electrons. The van der Waals surface area contributed by atoms with Gasteiger partial charge in [0.25, 0.3) is 0 Å². The lowest BCUT2D eigenvalue weighted by Crippen LogP contribution is -2.06. The third-order valence-corrected chi connectivity index (χ3v) is 3.50. The van der Waals surface area contributed by atoms with Crippen LogP contribution in [0.3, 0.4) is 0 Å². The van der Waals surface area contributed by atoms with Crippen LogP contribution in [0.1, 0.15) is 23.1 Å². The predicted molar refractivity (Wildman–Crippen MR) is 90.7 cm³/mol. The summed E-state index contributed by atoms with van der Waals surface area (Å²) in [6, 6.07) is 14.4. The molecule has 0 unspecified atom stereocenters. The van der Waals surface area contributed by atoms with Gasteiger partial charge in [0.1, 0.15) is 11.5 Å². The van der Waals surface area contributed by atoms with E-state index in [0.29, 0.717) is 19.8 Å². The van der Waals surface area contributed by atoms with E-state index in [4.69, 9.17) is 15.2 Å². The van der Waals surface area contributed by atoms with Crippen LogP contribution in [-0.4, -0.2) is 19.8 Å². The molecule has 0 aliphatic rings. The molecule has 22 heavy (non-hydrogen) atoms. The molecule has 0 atom stereocenters. The Balaban J connectivity index is 1.68. The van der Waals surface area contributed by atoms with Crippen molar-refractivity contribution in [3.05, 3.63) is 59.2 Å².